The van der Waals surface area contributed by atoms with Crippen molar-refractivity contribution in [3.63, 3.8) is 0 Å². The van der Waals surface area contributed by atoms with Gasteiger partial charge in [-0.25, -0.2) is 0 Å². The largest absolute Gasteiger partial charge is 0.392 e. The monoisotopic (exact) mass is 247 g/mol. The molecule has 0 saturated carbocycles. The third-order valence-electron chi connectivity index (χ3n) is 2.15. The summed E-state index contributed by atoms with van der Waals surface area (Å²) in [5.41, 5.74) is 0.988. The Morgan fingerprint density at radius 2 is 2.00 bits per heavy atom. The van der Waals surface area contributed by atoms with Gasteiger partial charge in [0.15, 0.2) is 0 Å². The molecule has 0 aliphatic rings. The van der Waals surface area contributed by atoms with Crippen LogP contribution in [-0.4, -0.2) is 17.8 Å². The van der Waals surface area contributed by atoms with Crippen molar-refractivity contribution in [2.24, 2.45) is 0 Å². The normalized spacial score (nSPS) is 15.0. The van der Waals surface area contributed by atoms with Crippen molar-refractivity contribution in [3.8, 4) is 0 Å². The molecule has 0 aliphatic carbocycles. The van der Waals surface area contributed by atoms with Crippen molar-refractivity contribution in [2.75, 3.05) is 6.54 Å². The first kappa shape index (κ1) is 12.8. The third kappa shape index (κ3) is 3.99. The first-order valence-electron chi connectivity index (χ1n) is 4.87. The lowest BCUT2D eigenvalue weighted by Crippen LogP contribution is -2.27. The van der Waals surface area contributed by atoms with Crippen LogP contribution in [0.25, 0.3) is 0 Å². The highest BCUT2D eigenvalue weighted by molar-refractivity contribution is 6.35. The molecule has 15 heavy (non-hydrogen) atoms. The summed E-state index contributed by atoms with van der Waals surface area (Å²) in [6.07, 6.45) is -0.362. The van der Waals surface area contributed by atoms with E-state index in [9.17, 15) is 0 Å². The Morgan fingerprint density at radius 3 is 2.53 bits per heavy atom. The van der Waals surface area contributed by atoms with Crippen molar-refractivity contribution in [1.29, 1.82) is 0 Å². The van der Waals surface area contributed by atoms with Gasteiger partial charge >= 0.3 is 0 Å². The van der Waals surface area contributed by atoms with Crippen LogP contribution in [0.4, 0.5) is 0 Å². The molecule has 0 radical (unpaired) electrons. The Balaban J connectivity index is 2.69. The SMILES string of the molecule is CC(NC[C@@H](C)O)c1ccc(Cl)cc1Cl. The van der Waals surface area contributed by atoms with Crippen molar-refractivity contribution in [2.45, 2.75) is 26.0 Å². The van der Waals surface area contributed by atoms with E-state index in [0.717, 1.165) is 5.56 Å². The molecule has 0 fully saturated rings. The van der Waals surface area contributed by atoms with Crippen molar-refractivity contribution >= 4 is 23.2 Å². The van der Waals surface area contributed by atoms with Gasteiger partial charge in [-0.15, -0.1) is 0 Å². The highest BCUT2D eigenvalue weighted by Crippen LogP contribution is 2.25. The standard InChI is InChI=1S/C11H15Cl2NO/c1-7(15)6-14-8(2)10-4-3-9(12)5-11(10)13/h3-5,7-8,14-15H,6H2,1-2H3/t7-,8?/m1/s1. The van der Waals surface area contributed by atoms with E-state index in [-0.39, 0.29) is 12.1 Å². The number of halogens is 2. The molecule has 1 unspecified atom stereocenters. The quantitative estimate of drug-likeness (QED) is 0.858. The van der Waals surface area contributed by atoms with Gasteiger partial charge in [0.2, 0.25) is 0 Å². The molecule has 1 aromatic carbocycles. The number of benzene rings is 1. The number of hydrogen-bond donors (Lipinski definition) is 2. The van der Waals surface area contributed by atoms with Crippen LogP contribution in [0, 0.1) is 0 Å². The van der Waals surface area contributed by atoms with Gasteiger partial charge in [0.05, 0.1) is 6.10 Å². The van der Waals surface area contributed by atoms with Gasteiger partial charge in [0, 0.05) is 22.6 Å². The number of nitrogens with one attached hydrogen (secondary N) is 1. The Morgan fingerprint density at radius 1 is 1.33 bits per heavy atom. The minimum absolute atomic E-state index is 0.101. The average molecular weight is 248 g/mol. The Kier molecular flexibility index (Phi) is 4.87. The summed E-state index contributed by atoms with van der Waals surface area (Å²) < 4.78 is 0. The van der Waals surface area contributed by atoms with E-state index in [4.69, 9.17) is 28.3 Å². The molecule has 0 heterocycles. The molecule has 84 valence electrons. The van der Waals surface area contributed by atoms with E-state index in [1.165, 1.54) is 0 Å². The van der Waals surface area contributed by atoms with Crippen molar-refractivity contribution in [3.05, 3.63) is 33.8 Å². The summed E-state index contributed by atoms with van der Waals surface area (Å²) in [5, 5.41) is 13.6. The topological polar surface area (TPSA) is 32.3 Å². The summed E-state index contributed by atoms with van der Waals surface area (Å²) in [6, 6.07) is 5.52. The Labute approximate surface area is 100 Å². The van der Waals surface area contributed by atoms with Gasteiger partial charge in [-0.05, 0) is 31.5 Å². The first-order chi connectivity index (χ1) is 7.00. The zero-order valence-electron chi connectivity index (χ0n) is 8.80. The second-order valence-electron chi connectivity index (χ2n) is 3.64. The average Bonchev–Trinajstić information content (AvgIpc) is 2.14. The number of hydrogen-bond acceptors (Lipinski definition) is 2. The highest BCUT2D eigenvalue weighted by Gasteiger charge is 2.09. The fourth-order valence-corrected chi connectivity index (χ4v) is 1.88. The molecular formula is C11H15Cl2NO. The lowest BCUT2D eigenvalue weighted by molar-refractivity contribution is 0.187. The fourth-order valence-electron chi connectivity index (χ4n) is 1.31. The summed E-state index contributed by atoms with van der Waals surface area (Å²) in [4.78, 5) is 0. The maximum Gasteiger partial charge on any atom is 0.0636 e. The molecule has 2 atom stereocenters. The summed E-state index contributed by atoms with van der Waals surface area (Å²) >= 11 is 11.9. The summed E-state index contributed by atoms with van der Waals surface area (Å²) in [6.45, 7) is 4.28. The van der Waals surface area contributed by atoms with Crippen LogP contribution in [0.5, 0.6) is 0 Å². The predicted octanol–water partition coefficient (Wildman–Crippen LogP) is 3.02. The van der Waals surface area contributed by atoms with Crippen LogP contribution in [0.3, 0.4) is 0 Å². The van der Waals surface area contributed by atoms with Crippen LogP contribution >= 0.6 is 23.2 Å². The fraction of sp³-hybridized carbons (Fsp3) is 0.455. The van der Waals surface area contributed by atoms with E-state index >= 15 is 0 Å². The molecule has 0 amide bonds. The molecule has 0 aliphatic heterocycles. The van der Waals surface area contributed by atoms with Crippen LogP contribution < -0.4 is 5.32 Å². The van der Waals surface area contributed by atoms with Crippen LogP contribution in [0.15, 0.2) is 18.2 Å². The molecular weight excluding hydrogens is 233 g/mol. The predicted molar refractivity (Wildman–Crippen MR) is 64.6 cm³/mol. The molecule has 0 saturated heterocycles. The number of rotatable bonds is 4. The van der Waals surface area contributed by atoms with Crippen LogP contribution in [0.1, 0.15) is 25.5 Å². The Bertz CT molecular complexity index is 328. The van der Waals surface area contributed by atoms with Gasteiger partial charge in [-0.2, -0.15) is 0 Å². The number of aliphatic hydroxyl groups is 1. The highest BCUT2D eigenvalue weighted by atomic mass is 35.5. The zero-order valence-corrected chi connectivity index (χ0v) is 10.3. The van der Waals surface area contributed by atoms with E-state index in [2.05, 4.69) is 5.32 Å². The van der Waals surface area contributed by atoms with Gasteiger partial charge in [-0.1, -0.05) is 29.3 Å². The molecule has 4 heteroatoms. The Hall–Kier alpha value is -0.280. The maximum atomic E-state index is 9.14. The van der Waals surface area contributed by atoms with E-state index in [1.807, 2.05) is 19.1 Å². The summed E-state index contributed by atoms with van der Waals surface area (Å²) in [7, 11) is 0. The lowest BCUT2D eigenvalue weighted by atomic mass is 10.1. The van der Waals surface area contributed by atoms with Gasteiger partial charge in [-0.3, -0.25) is 0 Å². The van der Waals surface area contributed by atoms with Gasteiger partial charge < -0.3 is 10.4 Å². The second-order valence-corrected chi connectivity index (χ2v) is 4.49. The molecule has 0 bridgehead atoms. The van der Waals surface area contributed by atoms with Gasteiger partial charge in [0.25, 0.3) is 0 Å². The van der Waals surface area contributed by atoms with Crippen LogP contribution in [-0.2, 0) is 0 Å². The second kappa shape index (κ2) is 5.71. The van der Waals surface area contributed by atoms with Crippen molar-refractivity contribution < 1.29 is 5.11 Å². The van der Waals surface area contributed by atoms with E-state index in [0.29, 0.717) is 16.6 Å². The third-order valence-corrected chi connectivity index (χ3v) is 2.71. The molecule has 1 rings (SSSR count). The molecule has 0 aromatic heterocycles. The molecule has 2 nitrogen and oxygen atoms in total. The summed E-state index contributed by atoms with van der Waals surface area (Å²) in [5.74, 6) is 0. The van der Waals surface area contributed by atoms with Gasteiger partial charge in [0.1, 0.15) is 0 Å². The van der Waals surface area contributed by atoms with E-state index < -0.39 is 0 Å². The minimum Gasteiger partial charge on any atom is -0.392 e. The zero-order chi connectivity index (χ0) is 11.4. The van der Waals surface area contributed by atoms with Crippen LogP contribution in [0.2, 0.25) is 10.0 Å². The molecule has 1 aromatic rings. The molecule has 2 N–H and O–H groups in total. The smallest absolute Gasteiger partial charge is 0.0636 e. The maximum absolute atomic E-state index is 9.14. The minimum atomic E-state index is -0.362. The molecule has 0 spiro atoms. The van der Waals surface area contributed by atoms with Crippen molar-refractivity contribution in [1.82, 2.24) is 5.32 Å². The van der Waals surface area contributed by atoms with E-state index in [1.54, 1.807) is 13.0 Å². The first-order valence-corrected chi connectivity index (χ1v) is 5.62. The number of aliphatic hydroxyl groups excluding tert-OH is 1. The lowest BCUT2D eigenvalue weighted by Gasteiger charge is -2.16.